The van der Waals surface area contributed by atoms with Gasteiger partial charge in [0.25, 0.3) is 0 Å². The fourth-order valence-corrected chi connectivity index (χ4v) is 2.75. The van der Waals surface area contributed by atoms with E-state index in [9.17, 15) is 5.11 Å². The predicted molar refractivity (Wildman–Crippen MR) is 74.5 cm³/mol. The number of phenols is 1. The van der Waals surface area contributed by atoms with Crippen LogP contribution in [-0.4, -0.2) is 29.6 Å². The van der Waals surface area contributed by atoms with Crippen molar-refractivity contribution in [1.82, 2.24) is 4.90 Å². The first-order chi connectivity index (χ1) is 8.69. The van der Waals surface area contributed by atoms with Crippen molar-refractivity contribution in [3.8, 4) is 5.75 Å². The lowest BCUT2D eigenvalue weighted by molar-refractivity contribution is 0.172. The van der Waals surface area contributed by atoms with E-state index in [1.165, 1.54) is 18.4 Å². The van der Waals surface area contributed by atoms with E-state index >= 15 is 0 Å². The number of nitrogens with zero attached hydrogens (tertiary/aromatic N) is 1. The molecule has 1 aliphatic rings. The molecule has 0 saturated carbocycles. The van der Waals surface area contributed by atoms with Crippen molar-refractivity contribution in [3.05, 3.63) is 29.3 Å². The van der Waals surface area contributed by atoms with E-state index in [-0.39, 0.29) is 0 Å². The maximum absolute atomic E-state index is 9.86. The van der Waals surface area contributed by atoms with Crippen molar-refractivity contribution in [3.63, 3.8) is 0 Å². The Morgan fingerprint density at radius 1 is 1.33 bits per heavy atom. The van der Waals surface area contributed by atoms with E-state index in [0.29, 0.717) is 5.75 Å². The summed E-state index contributed by atoms with van der Waals surface area (Å²) in [5, 5.41) is 9.86. The van der Waals surface area contributed by atoms with Gasteiger partial charge in [0, 0.05) is 12.1 Å². The van der Waals surface area contributed by atoms with Crippen LogP contribution in [0.25, 0.3) is 0 Å². The monoisotopic (exact) mass is 248 g/mol. The summed E-state index contributed by atoms with van der Waals surface area (Å²) in [6, 6.07) is 5.83. The highest BCUT2D eigenvalue weighted by Crippen LogP contribution is 2.24. The summed E-state index contributed by atoms with van der Waals surface area (Å²) in [7, 11) is 0. The number of nitrogens with two attached hydrogens (primary N) is 1. The van der Waals surface area contributed by atoms with Crippen molar-refractivity contribution in [1.29, 1.82) is 0 Å². The molecule has 0 radical (unpaired) electrons. The number of phenolic OH excluding ortho intramolecular Hbond substituents is 1. The van der Waals surface area contributed by atoms with Gasteiger partial charge in [-0.15, -0.1) is 0 Å². The molecule has 0 aliphatic carbocycles. The van der Waals surface area contributed by atoms with Crippen LogP contribution in [0.1, 0.15) is 30.4 Å². The second-order valence-corrected chi connectivity index (χ2v) is 5.43. The zero-order valence-corrected chi connectivity index (χ0v) is 11.2. The number of aryl methyl sites for hydroxylation is 1. The van der Waals surface area contributed by atoms with Crippen LogP contribution < -0.4 is 5.73 Å². The van der Waals surface area contributed by atoms with Crippen molar-refractivity contribution in [2.24, 2.45) is 11.7 Å². The third-order valence-corrected chi connectivity index (χ3v) is 3.91. The summed E-state index contributed by atoms with van der Waals surface area (Å²) < 4.78 is 0. The van der Waals surface area contributed by atoms with Crippen LogP contribution >= 0.6 is 0 Å². The SMILES string of the molecule is Cc1ccc(O)c(CN2CCC(CCN)CC2)c1. The van der Waals surface area contributed by atoms with Crippen molar-refractivity contribution in [2.45, 2.75) is 32.7 Å². The molecule has 3 heteroatoms. The van der Waals surface area contributed by atoms with Gasteiger partial charge in [-0.1, -0.05) is 17.7 Å². The summed E-state index contributed by atoms with van der Waals surface area (Å²) in [6.45, 7) is 5.98. The first-order valence-electron chi connectivity index (χ1n) is 6.90. The zero-order chi connectivity index (χ0) is 13.0. The normalized spacial score (nSPS) is 18.1. The number of rotatable bonds is 4. The van der Waals surface area contributed by atoms with Gasteiger partial charge < -0.3 is 10.8 Å². The van der Waals surface area contributed by atoms with E-state index in [1.54, 1.807) is 6.07 Å². The fraction of sp³-hybridized carbons (Fsp3) is 0.600. The molecule has 1 aliphatic heterocycles. The Balaban J connectivity index is 1.89. The van der Waals surface area contributed by atoms with Crippen molar-refractivity contribution < 1.29 is 5.11 Å². The van der Waals surface area contributed by atoms with Crippen molar-refractivity contribution in [2.75, 3.05) is 19.6 Å². The standard InChI is InChI=1S/C15H24N2O/c1-12-2-3-15(18)14(10-12)11-17-8-5-13(4-7-16)6-9-17/h2-3,10,13,18H,4-9,11,16H2,1H3. The molecular formula is C15H24N2O. The molecule has 1 aromatic rings. The Morgan fingerprint density at radius 3 is 2.72 bits per heavy atom. The minimum atomic E-state index is 0.421. The number of aromatic hydroxyl groups is 1. The number of likely N-dealkylation sites (tertiary alicyclic amines) is 1. The highest BCUT2D eigenvalue weighted by atomic mass is 16.3. The van der Waals surface area contributed by atoms with E-state index in [0.717, 1.165) is 44.1 Å². The molecule has 100 valence electrons. The summed E-state index contributed by atoms with van der Waals surface area (Å²) in [6.07, 6.45) is 3.64. The Labute approximate surface area is 110 Å². The van der Waals surface area contributed by atoms with E-state index < -0.39 is 0 Å². The molecule has 1 aromatic carbocycles. The van der Waals surface area contributed by atoms with Gasteiger partial charge in [0.15, 0.2) is 0 Å². The average molecular weight is 248 g/mol. The Bertz CT molecular complexity index is 384. The molecule has 1 heterocycles. The van der Waals surface area contributed by atoms with Gasteiger partial charge >= 0.3 is 0 Å². The van der Waals surface area contributed by atoms with Gasteiger partial charge in [-0.25, -0.2) is 0 Å². The molecule has 1 saturated heterocycles. The van der Waals surface area contributed by atoms with Gasteiger partial charge in [0.1, 0.15) is 5.75 Å². The third-order valence-electron chi connectivity index (χ3n) is 3.91. The molecule has 1 fully saturated rings. The Morgan fingerprint density at radius 2 is 2.06 bits per heavy atom. The smallest absolute Gasteiger partial charge is 0.120 e. The molecule has 0 unspecified atom stereocenters. The van der Waals surface area contributed by atoms with Gasteiger partial charge in [-0.05, 0) is 57.8 Å². The van der Waals surface area contributed by atoms with E-state index in [2.05, 4.69) is 17.9 Å². The summed E-state index contributed by atoms with van der Waals surface area (Å²) in [5.74, 6) is 1.22. The molecule has 0 spiro atoms. The lowest BCUT2D eigenvalue weighted by atomic mass is 9.93. The van der Waals surface area contributed by atoms with Gasteiger partial charge in [-0.3, -0.25) is 4.90 Å². The van der Waals surface area contributed by atoms with Crippen LogP contribution in [0.15, 0.2) is 18.2 Å². The highest BCUT2D eigenvalue weighted by Gasteiger charge is 2.19. The van der Waals surface area contributed by atoms with Crippen LogP contribution in [0.5, 0.6) is 5.75 Å². The Kier molecular flexibility index (Phi) is 4.61. The van der Waals surface area contributed by atoms with Crippen LogP contribution in [0.4, 0.5) is 0 Å². The predicted octanol–water partition coefficient (Wildman–Crippen LogP) is 2.26. The van der Waals surface area contributed by atoms with E-state index in [4.69, 9.17) is 5.73 Å². The molecule has 3 N–H and O–H groups in total. The number of hydrogen-bond donors (Lipinski definition) is 2. The number of benzene rings is 1. The van der Waals surface area contributed by atoms with Crippen LogP contribution in [0.2, 0.25) is 0 Å². The van der Waals surface area contributed by atoms with Crippen LogP contribution in [0.3, 0.4) is 0 Å². The second kappa shape index (κ2) is 6.21. The molecule has 0 aromatic heterocycles. The summed E-state index contributed by atoms with van der Waals surface area (Å²) >= 11 is 0. The summed E-state index contributed by atoms with van der Waals surface area (Å²) in [4.78, 5) is 2.43. The largest absolute Gasteiger partial charge is 0.508 e. The quantitative estimate of drug-likeness (QED) is 0.859. The molecule has 18 heavy (non-hydrogen) atoms. The first kappa shape index (κ1) is 13.4. The van der Waals surface area contributed by atoms with Gasteiger partial charge in [-0.2, -0.15) is 0 Å². The molecule has 0 amide bonds. The van der Waals surface area contributed by atoms with Crippen LogP contribution in [-0.2, 0) is 6.54 Å². The topological polar surface area (TPSA) is 49.5 Å². The lowest BCUT2D eigenvalue weighted by Gasteiger charge is -2.32. The minimum absolute atomic E-state index is 0.421. The molecule has 0 atom stereocenters. The molecule has 2 rings (SSSR count). The van der Waals surface area contributed by atoms with Crippen molar-refractivity contribution >= 4 is 0 Å². The zero-order valence-electron chi connectivity index (χ0n) is 11.2. The maximum atomic E-state index is 9.86. The van der Waals surface area contributed by atoms with Gasteiger partial charge in [0.2, 0.25) is 0 Å². The maximum Gasteiger partial charge on any atom is 0.120 e. The third kappa shape index (κ3) is 3.47. The highest BCUT2D eigenvalue weighted by molar-refractivity contribution is 5.35. The molecule has 0 bridgehead atoms. The number of piperidine rings is 1. The summed E-state index contributed by atoms with van der Waals surface area (Å²) in [5.41, 5.74) is 7.86. The lowest BCUT2D eigenvalue weighted by Crippen LogP contribution is -2.33. The van der Waals surface area contributed by atoms with E-state index in [1.807, 2.05) is 6.07 Å². The first-order valence-corrected chi connectivity index (χ1v) is 6.90. The fourth-order valence-electron chi connectivity index (χ4n) is 2.75. The molecular weight excluding hydrogens is 224 g/mol. The average Bonchev–Trinajstić information content (AvgIpc) is 2.37. The second-order valence-electron chi connectivity index (χ2n) is 5.43. The van der Waals surface area contributed by atoms with Gasteiger partial charge in [0.05, 0.1) is 0 Å². The number of hydrogen-bond acceptors (Lipinski definition) is 3. The van der Waals surface area contributed by atoms with Crippen LogP contribution in [0, 0.1) is 12.8 Å². The minimum Gasteiger partial charge on any atom is -0.508 e. The Hall–Kier alpha value is -1.06. The molecule has 3 nitrogen and oxygen atoms in total.